The maximum Gasteiger partial charge on any atom is 0.0695 e. The molecule has 0 atom stereocenters. The van der Waals surface area contributed by atoms with Crippen molar-refractivity contribution in [2.45, 2.75) is 40.0 Å². The van der Waals surface area contributed by atoms with E-state index in [-0.39, 0.29) is 5.41 Å². The van der Waals surface area contributed by atoms with Crippen LogP contribution in [0.25, 0.3) is 0 Å². The Morgan fingerprint density at radius 1 is 1.17 bits per heavy atom. The predicted octanol–water partition coefficient (Wildman–Crippen LogP) is 3.43. The summed E-state index contributed by atoms with van der Waals surface area (Å²) in [7, 11) is 0. The monoisotopic (exact) mass is 243 g/mol. The number of nitrogens with zero attached hydrogens (tertiary/aromatic N) is 1. The van der Waals surface area contributed by atoms with Crippen LogP contribution in [0, 0.1) is 37.5 Å². The van der Waals surface area contributed by atoms with Gasteiger partial charge in [-0.05, 0) is 56.9 Å². The van der Waals surface area contributed by atoms with E-state index in [1.807, 2.05) is 13.8 Å². The van der Waals surface area contributed by atoms with Crippen molar-refractivity contribution in [2.24, 2.45) is 5.41 Å². The van der Waals surface area contributed by atoms with Gasteiger partial charge in [-0.3, -0.25) is 0 Å². The zero-order valence-electron chi connectivity index (χ0n) is 11.9. The first-order valence-electron chi connectivity index (χ1n) is 6.42. The summed E-state index contributed by atoms with van der Waals surface area (Å²) in [5.74, 6) is 0. The van der Waals surface area contributed by atoms with Gasteiger partial charge in [0.1, 0.15) is 0 Å². The van der Waals surface area contributed by atoms with Crippen molar-refractivity contribution in [3.63, 3.8) is 0 Å². The van der Waals surface area contributed by atoms with Crippen LogP contribution in [0.3, 0.4) is 0 Å². The minimum atomic E-state index is -0.405. The summed E-state index contributed by atoms with van der Waals surface area (Å²) in [6.07, 6.45) is 0. The molecule has 0 N–H and O–H groups in total. The summed E-state index contributed by atoms with van der Waals surface area (Å²) in [6, 6.07) is 6.80. The van der Waals surface area contributed by atoms with Crippen LogP contribution in [0.4, 0.5) is 0 Å². The van der Waals surface area contributed by atoms with Gasteiger partial charge >= 0.3 is 0 Å². The van der Waals surface area contributed by atoms with E-state index in [9.17, 15) is 5.26 Å². The average molecular weight is 243 g/mol. The molecule has 18 heavy (non-hydrogen) atoms. The Labute approximate surface area is 110 Å². The highest BCUT2D eigenvalue weighted by molar-refractivity contribution is 5.46. The van der Waals surface area contributed by atoms with Gasteiger partial charge in [-0.25, -0.2) is 0 Å². The molecule has 0 spiro atoms. The van der Waals surface area contributed by atoms with Crippen molar-refractivity contribution in [3.05, 3.63) is 34.4 Å². The third kappa shape index (κ3) is 1.58. The lowest BCUT2D eigenvalue weighted by Crippen LogP contribution is -2.56. The molecule has 1 aliphatic rings. The first-order valence-corrected chi connectivity index (χ1v) is 6.42. The van der Waals surface area contributed by atoms with E-state index in [0.717, 1.165) is 0 Å². The maximum atomic E-state index is 9.47. The molecule has 2 heteroatoms. The molecule has 1 heterocycles. The molecular formula is C16H21NO. The fourth-order valence-electron chi connectivity index (χ4n) is 2.74. The Balaban J connectivity index is 2.61. The van der Waals surface area contributed by atoms with Crippen LogP contribution in [0.5, 0.6) is 0 Å². The van der Waals surface area contributed by atoms with Gasteiger partial charge in [0.25, 0.3) is 0 Å². The van der Waals surface area contributed by atoms with Crippen LogP contribution in [-0.2, 0) is 10.2 Å². The van der Waals surface area contributed by atoms with Crippen molar-refractivity contribution in [1.29, 1.82) is 5.26 Å². The van der Waals surface area contributed by atoms with Gasteiger partial charge in [0.15, 0.2) is 0 Å². The number of benzene rings is 1. The number of hydrogen-bond donors (Lipinski definition) is 0. The van der Waals surface area contributed by atoms with E-state index in [1.54, 1.807) is 0 Å². The zero-order chi connectivity index (χ0) is 13.6. The molecule has 0 radical (unpaired) electrons. The van der Waals surface area contributed by atoms with Crippen molar-refractivity contribution in [1.82, 2.24) is 0 Å². The Kier molecular flexibility index (Phi) is 2.99. The van der Waals surface area contributed by atoms with Crippen LogP contribution in [-0.4, -0.2) is 13.2 Å². The second-order valence-corrected chi connectivity index (χ2v) is 5.99. The smallest absolute Gasteiger partial charge is 0.0695 e. The highest BCUT2D eigenvalue weighted by Crippen LogP contribution is 2.48. The summed E-state index contributed by atoms with van der Waals surface area (Å²) in [5, 5.41) is 9.47. The molecule has 1 aliphatic heterocycles. The summed E-state index contributed by atoms with van der Waals surface area (Å²) in [6.45, 7) is 11.8. The first-order chi connectivity index (χ1) is 8.35. The lowest BCUT2D eigenvalue weighted by molar-refractivity contribution is -0.103. The minimum Gasteiger partial charge on any atom is -0.379 e. The largest absolute Gasteiger partial charge is 0.379 e. The number of hydrogen-bond acceptors (Lipinski definition) is 2. The summed E-state index contributed by atoms with van der Waals surface area (Å²) >= 11 is 0. The molecule has 1 aromatic rings. The van der Waals surface area contributed by atoms with E-state index < -0.39 is 5.41 Å². The van der Waals surface area contributed by atoms with Gasteiger partial charge in [-0.2, -0.15) is 5.26 Å². The average Bonchev–Trinajstić information content (AvgIpc) is 2.27. The second-order valence-electron chi connectivity index (χ2n) is 5.99. The molecule has 0 saturated carbocycles. The van der Waals surface area contributed by atoms with E-state index in [0.29, 0.717) is 13.2 Å². The Morgan fingerprint density at radius 2 is 1.78 bits per heavy atom. The highest BCUT2D eigenvalue weighted by Gasteiger charge is 2.53. The summed E-state index contributed by atoms with van der Waals surface area (Å²) in [5.41, 5.74) is 4.67. The molecule has 1 saturated heterocycles. The molecule has 96 valence electrons. The minimum absolute atomic E-state index is 0.149. The lowest BCUT2D eigenvalue weighted by Gasteiger charge is -2.50. The van der Waals surface area contributed by atoms with E-state index in [2.05, 4.69) is 39.0 Å². The third-order valence-corrected chi connectivity index (χ3v) is 4.75. The molecular weight excluding hydrogens is 222 g/mol. The van der Waals surface area contributed by atoms with Crippen molar-refractivity contribution in [3.8, 4) is 6.07 Å². The highest BCUT2D eigenvalue weighted by atomic mass is 16.5. The Hall–Kier alpha value is -1.33. The van der Waals surface area contributed by atoms with Crippen LogP contribution in [0.15, 0.2) is 12.1 Å². The molecule has 0 unspecified atom stereocenters. The molecule has 1 fully saturated rings. The van der Waals surface area contributed by atoms with Gasteiger partial charge < -0.3 is 4.74 Å². The molecule has 2 rings (SSSR count). The molecule has 0 amide bonds. The number of nitriles is 1. The van der Waals surface area contributed by atoms with Crippen LogP contribution < -0.4 is 0 Å². The normalized spacial score (nSPS) is 18.0. The lowest BCUT2D eigenvalue weighted by atomic mass is 9.60. The Bertz CT molecular complexity index is 519. The van der Waals surface area contributed by atoms with Gasteiger partial charge in [0, 0.05) is 0 Å². The molecule has 1 aromatic carbocycles. The van der Waals surface area contributed by atoms with Gasteiger partial charge in [0.2, 0.25) is 0 Å². The predicted molar refractivity (Wildman–Crippen MR) is 72.5 cm³/mol. The van der Waals surface area contributed by atoms with Crippen LogP contribution in [0.1, 0.15) is 36.1 Å². The topological polar surface area (TPSA) is 33.0 Å². The van der Waals surface area contributed by atoms with Crippen LogP contribution in [0.2, 0.25) is 0 Å². The van der Waals surface area contributed by atoms with Gasteiger partial charge in [-0.1, -0.05) is 12.1 Å². The van der Waals surface area contributed by atoms with Gasteiger partial charge in [0.05, 0.1) is 30.1 Å². The second kappa shape index (κ2) is 4.10. The number of rotatable bonds is 2. The fourth-order valence-corrected chi connectivity index (χ4v) is 2.74. The van der Waals surface area contributed by atoms with E-state index >= 15 is 0 Å². The van der Waals surface area contributed by atoms with Crippen molar-refractivity contribution >= 4 is 0 Å². The quantitative estimate of drug-likeness (QED) is 0.797. The van der Waals surface area contributed by atoms with E-state index in [1.165, 1.54) is 22.3 Å². The Morgan fingerprint density at radius 3 is 2.22 bits per heavy atom. The maximum absolute atomic E-state index is 9.47. The zero-order valence-corrected chi connectivity index (χ0v) is 11.9. The number of ether oxygens (including phenoxy) is 1. The molecule has 0 bridgehead atoms. The first kappa shape index (κ1) is 13.1. The molecule has 0 aliphatic carbocycles. The fraction of sp³-hybridized carbons (Fsp3) is 0.562. The summed E-state index contributed by atoms with van der Waals surface area (Å²) < 4.78 is 5.45. The van der Waals surface area contributed by atoms with Crippen molar-refractivity contribution in [2.75, 3.05) is 13.2 Å². The van der Waals surface area contributed by atoms with E-state index in [4.69, 9.17) is 4.74 Å². The van der Waals surface area contributed by atoms with Crippen LogP contribution >= 0.6 is 0 Å². The SMILES string of the molecule is Cc1ccc(C2(C(C)(C)C#N)COC2)c(C)c1C. The van der Waals surface area contributed by atoms with Crippen molar-refractivity contribution < 1.29 is 4.74 Å². The number of aryl methyl sites for hydroxylation is 1. The van der Waals surface area contributed by atoms with Gasteiger partial charge in [-0.15, -0.1) is 0 Å². The summed E-state index contributed by atoms with van der Waals surface area (Å²) in [4.78, 5) is 0. The molecule has 2 nitrogen and oxygen atoms in total. The molecule has 0 aromatic heterocycles. The standard InChI is InChI=1S/C16H21NO/c1-11-6-7-14(13(3)12(11)2)16(9-18-10-16)15(4,5)8-17/h6-7H,9-10H2,1-5H3. The third-order valence-electron chi connectivity index (χ3n) is 4.75.